The van der Waals surface area contributed by atoms with E-state index in [2.05, 4.69) is 29.1 Å². The highest BCUT2D eigenvalue weighted by molar-refractivity contribution is 5.94. The molecule has 1 heterocycles. The molecule has 5 nitrogen and oxygen atoms in total. The minimum absolute atomic E-state index is 0.128. The number of benzene rings is 2. The normalized spacial score (nSPS) is 12.3. The van der Waals surface area contributed by atoms with Crippen molar-refractivity contribution in [2.24, 2.45) is 5.92 Å². The first-order chi connectivity index (χ1) is 11.6. The van der Waals surface area contributed by atoms with E-state index in [-0.39, 0.29) is 17.9 Å². The molecule has 2 N–H and O–H groups in total. The lowest BCUT2D eigenvalue weighted by Crippen LogP contribution is -2.32. The average molecular weight is 323 g/mol. The summed E-state index contributed by atoms with van der Waals surface area (Å²) in [6.45, 7) is 4.12. The fraction of sp³-hybridized carbons (Fsp3) is 0.263. The van der Waals surface area contributed by atoms with E-state index in [0.29, 0.717) is 5.56 Å². The number of imidazole rings is 1. The van der Waals surface area contributed by atoms with Gasteiger partial charge in [-0.3, -0.25) is 4.79 Å². The van der Waals surface area contributed by atoms with Gasteiger partial charge in [0.25, 0.3) is 5.91 Å². The Balaban J connectivity index is 1.84. The van der Waals surface area contributed by atoms with Gasteiger partial charge in [0.2, 0.25) is 0 Å². The standard InChI is InChI=1S/C19H21N3O2/c1-12(2)17(18-20-15-6-4-5-7-16(15)21-18)22-19(23)13-8-10-14(24-3)11-9-13/h4-12,17H,1-3H3,(H,20,21)(H,22,23)/t17-/m1/s1. The zero-order chi connectivity index (χ0) is 17.1. The monoisotopic (exact) mass is 323 g/mol. The molecule has 124 valence electrons. The van der Waals surface area contributed by atoms with Crippen LogP contribution in [0.2, 0.25) is 0 Å². The van der Waals surface area contributed by atoms with E-state index in [1.165, 1.54) is 0 Å². The van der Waals surface area contributed by atoms with Gasteiger partial charge in [-0.25, -0.2) is 4.98 Å². The predicted molar refractivity (Wildman–Crippen MR) is 94.1 cm³/mol. The molecular weight excluding hydrogens is 302 g/mol. The highest BCUT2D eigenvalue weighted by atomic mass is 16.5. The number of fused-ring (bicyclic) bond motifs is 1. The average Bonchev–Trinajstić information content (AvgIpc) is 3.02. The highest BCUT2D eigenvalue weighted by Gasteiger charge is 2.22. The van der Waals surface area contributed by atoms with Gasteiger partial charge in [-0.15, -0.1) is 0 Å². The van der Waals surface area contributed by atoms with Crippen LogP contribution in [0.1, 0.15) is 36.1 Å². The number of nitrogens with zero attached hydrogens (tertiary/aromatic N) is 1. The van der Waals surface area contributed by atoms with Crippen LogP contribution < -0.4 is 10.1 Å². The second-order valence-corrected chi connectivity index (χ2v) is 6.06. The second kappa shape index (κ2) is 6.74. The van der Waals surface area contributed by atoms with Gasteiger partial charge in [0.15, 0.2) is 0 Å². The smallest absolute Gasteiger partial charge is 0.251 e. The molecule has 3 rings (SSSR count). The lowest BCUT2D eigenvalue weighted by Gasteiger charge is -2.20. The summed E-state index contributed by atoms with van der Waals surface area (Å²) >= 11 is 0. The predicted octanol–water partition coefficient (Wildman–Crippen LogP) is 3.70. The van der Waals surface area contributed by atoms with E-state index >= 15 is 0 Å². The van der Waals surface area contributed by atoms with Crippen molar-refractivity contribution in [1.29, 1.82) is 0 Å². The fourth-order valence-corrected chi connectivity index (χ4v) is 2.64. The van der Waals surface area contributed by atoms with E-state index in [1.807, 2.05) is 24.3 Å². The molecule has 0 fully saturated rings. The summed E-state index contributed by atoms with van der Waals surface area (Å²) in [5, 5.41) is 3.07. The number of H-pyrrole nitrogens is 1. The molecule has 1 amide bonds. The van der Waals surface area contributed by atoms with E-state index in [1.54, 1.807) is 31.4 Å². The van der Waals surface area contributed by atoms with Gasteiger partial charge in [-0.2, -0.15) is 0 Å². The second-order valence-electron chi connectivity index (χ2n) is 6.06. The number of rotatable bonds is 5. The third-order valence-corrected chi connectivity index (χ3v) is 4.01. The summed E-state index contributed by atoms with van der Waals surface area (Å²) in [7, 11) is 1.60. The molecule has 0 radical (unpaired) electrons. The van der Waals surface area contributed by atoms with E-state index in [4.69, 9.17) is 4.74 Å². The molecular formula is C19H21N3O2. The molecule has 1 aromatic heterocycles. The maximum absolute atomic E-state index is 12.6. The molecule has 0 spiro atoms. The van der Waals surface area contributed by atoms with Gasteiger partial charge in [0, 0.05) is 5.56 Å². The third-order valence-electron chi connectivity index (χ3n) is 4.01. The molecule has 0 aliphatic heterocycles. The van der Waals surface area contributed by atoms with Crippen molar-refractivity contribution in [1.82, 2.24) is 15.3 Å². The number of carbonyl (C=O) groups is 1. The van der Waals surface area contributed by atoms with Crippen LogP contribution in [0.4, 0.5) is 0 Å². The van der Waals surface area contributed by atoms with Gasteiger partial charge in [-0.05, 0) is 42.3 Å². The third kappa shape index (κ3) is 3.25. The van der Waals surface area contributed by atoms with Crippen molar-refractivity contribution in [2.45, 2.75) is 19.9 Å². The Hall–Kier alpha value is -2.82. The van der Waals surface area contributed by atoms with E-state index < -0.39 is 0 Å². The number of aromatic nitrogens is 2. The van der Waals surface area contributed by atoms with E-state index in [9.17, 15) is 4.79 Å². The van der Waals surface area contributed by atoms with Gasteiger partial charge < -0.3 is 15.0 Å². The van der Waals surface area contributed by atoms with Gasteiger partial charge in [-0.1, -0.05) is 26.0 Å². The highest BCUT2D eigenvalue weighted by Crippen LogP contribution is 2.23. The minimum atomic E-state index is -0.188. The summed E-state index contributed by atoms with van der Waals surface area (Å²) in [6.07, 6.45) is 0. The van der Waals surface area contributed by atoms with Crippen molar-refractivity contribution in [2.75, 3.05) is 7.11 Å². The number of methoxy groups -OCH3 is 1. The van der Waals surface area contributed by atoms with Gasteiger partial charge in [0.05, 0.1) is 24.2 Å². The summed E-state index contributed by atoms with van der Waals surface area (Å²) in [6, 6.07) is 14.7. The summed E-state index contributed by atoms with van der Waals surface area (Å²) in [5.74, 6) is 1.57. The first-order valence-electron chi connectivity index (χ1n) is 7.98. The number of carbonyl (C=O) groups excluding carboxylic acids is 1. The zero-order valence-corrected chi connectivity index (χ0v) is 14.0. The van der Waals surface area contributed by atoms with Crippen LogP contribution in [0.15, 0.2) is 48.5 Å². The minimum Gasteiger partial charge on any atom is -0.497 e. The topological polar surface area (TPSA) is 67.0 Å². The molecule has 0 unspecified atom stereocenters. The summed E-state index contributed by atoms with van der Waals surface area (Å²) in [4.78, 5) is 20.5. The molecule has 5 heteroatoms. The number of amides is 1. The van der Waals surface area contributed by atoms with Crippen LogP contribution in [-0.2, 0) is 0 Å². The van der Waals surface area contributed by atoms with Crippen molar-refractivity contribution in [3.8, 4) is 5.75 Å². The molecule has 0 bridgehead atoms. The van der Waals surface area contributed by atoms with Crippen molar-refractivity contribution in [3.05, 3.63) is 59.9 Å². The molecule has 2 aromatic carbocycles. The number of ether oxygens (including phenoxy) is 1. The number of hydrogen-bond acceptors (Lipinski definition) is 3. The van der Waals surface area contributed by atoms with Crippen LogP contribution in [-0.4, -0.2) is 23.0 Å². The lowest BCUT2D eigenvalue weighted by molar-refractivity contribution is 0.0923. The first kappa shape index (κ1) is 16.1. The summed E-state index contributed by atoms with van der Waals surface area (Å²) in [5.41, 5.74) is 2.46. The Morgan fingerprint density at radius 2 is 1.83 bits per heavy atom. The van der Waals surface area contributed by atoms with Crippen LogP contribution in [0.5, 0.6) is 5.75 Å². The molecule has 0 aliphatic carbocycles. The van der Waals surface area contributed by atoms with Crippen molar-refractivity contribution < 1.29 is 9.53 Å². The quantitative estimate of drug-likeness (QED) is 0.752. The number of hydrogen-bond donors (Lipinski definition) is 2. The Morgan fingerprint density at radius 1 is 1.12 bits per heavy atom. The van der Waals surface area contributed by atoms with Crippen LogP contribution in [0.25, 0.3) is 11.0 Å². The van der Waals surface area contributed by atoms with Crippen molar-refractivity contribution >= 4 is 16.9 Å². The number of para-hydroxylation sites is 2. The summed E-state index contributed by atoms with van der Waals surface area (Å²) < 4.78 is 5.12. The van der Waals surface area contributed by atoms with E-state index in [0.717, 1.165) is 22.6 Å². The van der Waals surface area contributed by atoms with Crippen LogP contribution >= 0.6 is 0 Å². The molecule has 24 heavy (non-hydrogen) atoms. The van der Waals surface area contributed by atoms with Crippen LogP contribution in [0, 0.1) is 5.92 Å². The molecule has 0 saturated heterocycles. The Labute approximate surface area is 141 Å². The Kier molecular flexibility index (Phi) is 4.51. The van der Waals surface area contributed by atoms with Crippen molar-refractivity contribution in [3.63, 3.8) is 0 Å². The number of nitrogens with one attached hydrogen (secondary N) is 2. The van der Waals surface area contributed by atoms with Gasteiger partial charge in [0.1, 0.15) is 11.6 Å². The SMILES string of the molecule is COc1ccc(C(=O)N[C@@H](c2nc3ccccc3[nH]2)C(C)C)cc1. The zero-order valence-electron chi connectivity index (χ0n) is 14.0. The Morgan fingerprint density at radius 3 is 2.46 bits per heavy atom. The Bertz CT molecular complexity index is 804. The maximum Gasteiger partial charge on any atom is 0.251 e. The molecule has 0 saturated carbocycles. The molecule has 3 aromatic rings. The molecule has 1 atom stereocenters. The lowest BCUT2D eigenvalue weighted by atomic mass is 10.0. The fourth-order valence-electron chi connectivity index (χ4n) is 2.64. The number of aromatic amines is 1. The first-order valence-corrected chi connectivity index (χ1v) is 7.98. The maximum atomic E-state index is 12.6. The molecule has 0 aliphatic rings. The van der Waals surface area contributed by atoms with Gasteiger partial charge >= 0.3 is 0 Å². The largest absolute Gasteiger partial charge is 0.497 e. The van der Waals surface area contributed by atoms with Crippen LogP contribution in [0.3, 0.4) is 0 Å².